The smallest absolute Gasteiger partial charge is 0.302 e. The van der Waals surface area contributed by atoms with E-state index in [1.807, 2.05) is 64.1 Å². The monoisotopic (exact) mass is 928 g/mol. The quantitative estimate of drug-likeness (QED) is 0.0531. The van der Waals surface area contributed by atoms with Gasteiger partial charge in [0.1, 0.15) is 24.2 Å². The molecule has 67 heavy (non-hydrogen) atoms. The number of hydrogen-bond donors (Lipinski definition) is 2. The number of benzene rings is 4. The van der Waals surface area contributed by atoms with Gasteiger partial charge in [0.15, 0.2) is 0 Å². The highest BCUT2D eigenvalue weighted by Crippen LogP contribution is 2.42. The van der Waals surface area contributed by atoms with E-state index in [9.17, 15) is 23.6 Å². The molecular formula is C49H52N8O9S. The average molecular weight is 929 g/mol. The number of esters is 1. The van der Waals surface area contributed by atoms with Gasteiger partial charge >= 0.3 is 5.97 Å². The molecular weight excluding hydrogens is 877 g/mol. The Bertz CT molecular complexity index is 2930. The number of ether oxygens (including phenoxy) is 3. The molecule has 17 nitrogen and oxygen atoms in total. The first-order valence-electron chi connectivity index (χ1n) is 21.9. The second kappa shape index (κ2) is 21.1. The van der Waals surface area contributed by atoms with Crippen LogP contribution in [0, 0.1) is 17.9 Å². The number of aliphatic hydroxyl groups is 1. The summed E-state index contributed by atoms with van der Waals surface area (Å²) < 4.78 is 53.4. The van der Waals surface area contributed by atoms with Gasteiger partial charge in [-0.05, 0) is 112 Å². The van der Waals surface area contributed by atoms with E-state index in [4.69, 9.17) is 29.8 Å². The molecule has 18 heteroatoms. The summed E-state index contributed by atoms with van der Waals surface area (Å²) in [5.41, 5.74) is 8.00. The number of nitriles is 1. The van der Waals surface area contributed by atoms with E-state index >= 15 is 0 Å². The summed E-state index contributed by atoms with van der Waals surface area (Å²) in [6.45, 7) is 17.2. The zero-order valence-electron chi connectivity index (χ0n) is 38.1. The van der Waals surface area contributed by atoms with Crippen molar-refractivity contribution in [2.45, 2.75) is 84.6 Å². The van der Waals surface area contributed by atoms with Gasteiger partial charge in [-0.3, -0.25) is 4.79 Å². The predicted octanol–water partition coefficient (Wildman–Crippen LogP) is 8.19. The molecule has 2 aromatic heterocycles. The molecule has 2 N–H and O–H groups in total. The third-order valence-corrected chi connectivity index (χ3v) is 12.4. The maximum Gasteiger partial charge on any atom is 0.302 e. The second-order valence-corrected chi connectivity index (χ2v) is 18.5. The number of rotatable bonds is 16. The first-order valence-corrected chi connectivity index (χ1v) is 23.8. The second-order valence-electron chi connectivity index (χ2n) is 16.6. The molecule has 2 aliphatic rings. The van der Waals surface area contributed by atoms with Crippen LogP contribution in [0.25, 0.3) is 50.5 Å². The molecule has 0 saturated carbocycles. The van der Waals surface area contributed by atoms with Crippen LogP contribution in [0.15, 0.2) is 81.8 Å². The van der Waals surface area contributed by atoms with Gasteiger partial charge in [-0.1, -0.05) is 46.7 Å². The van der Waals surface area contributed by atoms with Gasteiger partial charge in [-0.2, -0.15) is 19.5 Å². The molecule has 0 bridgehead atoms. The molecule has 6 aromatic rings. The summed E-state index contributed by atoms with van der Waals surface area (Å²) >= 11 is 0. The van der Waals surface area contributed by atoms with Crippen LogP contribution in [0.4, 0.5) is 5.69 Å². The highest BCUT2D eigenvalue weighted by molar-refractivity contribution is 7.88. The zero-order valence-corrected chi connectivity index (χ0v) is 39.0. The first kappa shape index (κ1) is 48.0. The van der Waals surface area contributed by atoms with Crippen molar-refractivity contribution in [1.29, 1.82) is 5.26 Å². The highest BCUT2D eigenvalue weighted by atomic mass is 32.2. The molecule has 2 aliphatic carbocycles. The molecule has 0 spiro atoms. The topological polar surface area (TPSA) is 220 Å². The van der Waals surface area contributed by atoms with Crippen molar-refractivity contribution in [1.82, 2.24) is 29.9 Å². The third-order valence-electron chi connectivity index (χ3n) is 11.1. The van der Waals surface area contributed by atoms with Crippen LogP contribution in [0.1, 0.15) is 87.4 Å². The molecule has 0 unspecified atom stereocenters. The maximum atomic E-state index is 12.3. The molecule has 0 radical (unpaired) electrons. The van der Waals surface area contributed by atoms with Gasteiger partial charge in [0.05, 0.1) is 43.2 Å². The molecule has 4 aromatic carbocycles. The molecule has 2 atom stereocenters. The number of hydrogen-bond acceptors (Lipinski definition) is 15. The number of nitrogens with one attached hydrogen (secondary N) is 1. The van der Waals surface area contributed by atoms with Gasteiger partial charge in [0.2, 0.25) is 27.4 Å². The Kier molecular flexibility index (Phi) is 15.1. The first-order chi connectivity index (χ1) is 32.2. The highest BCUT2D eigenvalue weighted by Gasteiger charge is 2.35. The lowest BCUT2D eigenvalue weighted by molar-refractivity contribution is -0.140. The van der Waals surface area contributed by atoms with E-state index in [-0.39, 0.29) is 49.3 Å². The molecule has 8 rings (SSSR count). The lowest BCUT2D eigenvalue weighted by atomic mass is 10.0. The Balaban J connectivity index is 0.000000199. The van der Waals surface area contributed by atoms with E-state index < -0.39 is 10.0 Å². The number of sulfonamides is 1. The lowest BCUT2D eigenvalue weighted by Gasteiger charge is -2.26. The zero-order chi connectivity index (χ0) is 47.8. The van der Waals surface area contributed by atoms with Gasteiger partial charge in [0.25, 0.3) is 11.8 Å². The number of aliphatic hydroxyl groups excluding tert-OH is 1. The van der Waals surface area contributed by atoms with Gasteiger partial charge in [-0.15, -0.1) is 0 Å². The van der Waals surface area contributed by atoms with E-state index in [2.05, 4.69) is 42.6 Å². The van der Waals surface area contributed by atoms with Gasteiger partial charge in [0, 0.05) is 48.3 Å². The lowest BCUT2D eigenvalue weighted by Crippen LogP contribution is -2.35. The van der Waals surface area contributed by atoms with E-state index in [1.165, 1.54) is 22.4 Å². The van der Waals surface area contributed by atoms with E-state index in [0.29, 0.717) is 77.4 Å². The summed E-state index contributed by atoms with van der Waals surface area (Å²) in [4.78, 5) is 23.7. The summed E-state index contributed by atoms with van der Waals surface area (Å²) in [5, 5.41) is 30.7. The van der Waals surface area contributed by atoms with Crippen LogP contribution < -0.4 is 14.8 Å². The fourth-order valence-corrected chi connectivity index (χ4v) is 9.49. The average Bonchev–Trinajstić information content (AvgIpc) is 4.14. The largest absolute Gasteiger partial charge is 0.502 e. The number of fused-ring (bicyclic) bond motifs is 2. The Labute approximate surface area is 389 Å². The minimum Gasteiger partial charge on any atom is -0.502 e. The normalized spacial score (nSPS) is 15.1. The van der Waals surface area contributed by atoms with E-state index in [1.54, 1.807) is 30.3 Å². The van der Waals surface area contributed by atoms with Crippen LogP contribution in [0.2, 0.25) is 0 Å². The summed E-state index contributed by atoms with van der Waals surface area (Å²) in [5.74, 6) is 2.30. The Morgan fingerprint density at radius 2 is 1.48 bits per heavy atom. The van der Waals surface area contributed by atoms with Crippen LogP contribution in [-0.4, -0.2) is 88.8 Å². The SMILES string of the molecule is CC(=O)OCCN[C@@H]1CCc2c(-c3noc(-c4ccc(OC(C)C)c(C#N)c4)n3)cccc21.[C-]#[N+]c1cc(-c2nc(-c3cccc4c3CC[C@H]4N(CCO)S(C)(=O)=O)no2)ccc1OC(C)C. The summed E-state index contributed by atoms with van der Waals surface area (Å²) in [7, 11) is -3.49. The van der Waals surface area contributed by atoms with Gasteiger partial charge in [-0.25, -0.2) is 13.3 Å². The number of carbonyl (C=O) groups excluding carboxylic acids is 1. The molecule has 2 heterocycles. The van der Waals surface area contributed by atoms with Crippen molar-refractivity contribution < 1.29 is 41.6 Å². The number of nitrogens with zero attached hydrogens (tertiary/aromatic N) is 7. The molecule has 0 amide bonds. The minimum absolute atomic E-state index is 0.0295. The Morgan fingerprint density at radius 3 is 2.06 bits per heavy atom. The predicted molar refractivity (Wildman–Crippen MR) is 248 cm³/mol. The van der Waals surface area contributed by atoms with Crippen molar-refractivity contribution in [2.24, 2.45) is 0 Å². The number of aromatic nitrogens is 4. The Morgan fingerprint density at radius 1 is 0.896 bits per heavy atom. The minimum atomic E-state index is -3.49. The number of carbonyl (C=O) groups is 1. The van der Waals surface area contributed by atoms with Crippen molar-refractivity contribution in [3.05, 3.63) is 112 Å². The van der Waals surface area contributed by atoms with Crippen molar-refractivity contribution in [2.75, 3.05) is 32.6 Å². The van der Waals surface area contributed by atoms with Crippen LogP contribution in [-0.2, 0) is 32.4 Å². The molecule has 0 saturated heterocycles. The van der Waals surface area contributed by atoms with Crippen molar-refractivity contribution in [3.8, 4) is 63.3 Å². The van der Waals surface area contributed by atoms with Crippen LogP contribution in [0.3, 0.4) is 0 Å². The van der Waals surface area contributed by atoms with Crippen LogP contribution >= 0.6 is 0 Å². The fraction of sp³-hybridized carbons (Fsp3) is 0.367. The van der Waals surface area contributed by atoms with E-state index in [0.717, 1.165) is 41.4 Å². The molecule has 348 valence electrons. The maximum absolute atomic E-state index is 12.3. The molecule has 0 aliphatic heterocycles. The van der Waals surface area contributed by atoms with Gasteiger partial charge < -0.3 is 33.7 Å². The third kappa shape index (κ3) is 11.2. The summed E-state index contributed by atoms with van der Waals surface area (Å²) in [6, 6.07) is 24.1. The van der Waals surface area contributed by atoms with Crippen LogP contribution in [0.5, 0.6) is 11.5 Å². The Hall–Kier alpha value is -6.96. The van der Waals surface area contributed by atoms with Crippen molar-refractivity contribution in [3.63, 3.8) is 0 Å². The standard InChI is InChI=1S/C25H26N4O4.C24H26N4O5S/c1-15(2)32-23-10-7-17(13-18(23)14-26)25-28-24(29-33-25)21-6-4-5-20-19(21)8-9-22(20)27-11-12-31-16(3)30;1-15(2)32-22-11-8-16(14-20(22)25-3)24-26-23(27-33-24)19-7-5-6-18-17(19)9-10-21(18)28(12-13-29)34(4,30)31/h4-7,10,13,15,22,27H,8-9,11-12H2,1-3H3;5-8,11,14-15,21,29H,9-10,12-13H2,1-2,4H3/t22-;21-/m11/s1. The summed E-state index contributed by atoms with van der Waals surface area (Å²) in [6.07, 6.45) is 4.17. The van der Waals surface area contributed by atoms with Crippen molar-refractivity contribution >= 4 is 21.7 Å². The molecule has 0 fully saturated rings. The fourth-order valence-electron chi connectivity index (χ4n) is 8.39.